The van der Waals surface area contributed by atoms with E-state index in [1.165, 1.54) is 0 Å². The Hall–Kier alpha value is -3.90. The summed E-state index contributed by atoms with van der Waals surface area (Å²) in [4.78, 5) is 27.3. The Kier molecular flexibility index (Phi) is 5.58. The van der Waals surface area contributed by atoms with Gasteiger partial charge in [0.05, 0.1) is 22.9 Å². The van der Waals surface area contributed by atoms with E-state index in [-0.39, 0.29) is 11.6 Å². The van der Waals surface area contributed by atoms with E-state index in [1.54, 1.807) is 10.9 Å². The highest BCUT2D eigenvalue weighted by atomic mass is 16.5. The average Bonchev–Trinajstić information content (AvgIpc) is 2.90. The molecule has 0 aliphatic carbocycles. The lowest BCUT2D eigenvalue weighted by Crippen LogP contribution is -2.29. The quantitative estimate of drug-likeness (QED) is 0.341. The fraction of sp³-hybridized carbons (Fsp3) is 0.241. The number of aryl methyl sites for hydroxylation is 1. The summed E-state index contributed by atoms with van der Waals surface area (Å²) in [7, 11) is 0. The molecule has 3 aromatic heterocycles. The Morgan fingerprint density at radius 2 is 1.77 bits per heavy atom. The van der Waals surface area contributed by atoms with Crippen LogP contribution < -0.4 is 5.56 Å². The highest BCUT2D eigenvalue weighted by Gasteiger charge is 2.19. The molecule has 1 fully saturated rings. The molecule has 6 rings (SSSR count). The molecule has 0 amide bonds. The number of aromatic nitrogens is 4. The van der Waals surface area contributed by atoms with Crippen LogP contribution in [0.5, 0.6) is 0 Å². The van der Waals surface area contributed by atoms with Gasteiger partial charge in [-0.15, -0.1) is 0 Å². The van der Waals surface area contributed by atoms with Gasteiger partial charge in [0.2, 0.25) is 0 Å². The van der Waals surface area contributed by atoms with Gasteiger partial charge in [0.25, 0.3) is 5.56 Å². The highest BCUT2D eigenvalue weighted by molar-refractivity contribution is 6.06. The third-order valence-corrected chi connectivity index (χ3v) is 6.87. The van der Waals surface area contributed by atoms with Gasteiger partial charge < -0.3 is 4.74 Å². The largest absolute Gasteiger partial charge is 0.381 e. The zero-order chi connectivity index (χ0) is 23.8. The first-order valence-corrected chi connectivity index (χ1v) is 12.0. The number of rotatable bonds is 4. The maximum Gasteiger partial charge on any atom is 0.261 e. The molecule has 6 nitrogen and oxygen atoms in total. The van der Waals surface area contributed by atoms with Gasteiger partial charge in [0, 0.05) is 48.3 Å². The first-order chi connectivity index (χ1) is 17.2. The number of hydrogen-bond donors (Lipinski definition) is 0. The molecule has 1 aliphatic rings. The van der Waals surface area contributed by atoms with E-state index in [1.807, 2.05) is 55.7 Å². The van der Waals surface area contributed by atoms with Crippen molar-refractivity contribution < 1.29 is 4.74 Å². The summed E-state index contributed by atoms with van der Waals surface area (Å²) in [5, 5.41) is 2.79. The number of ether oxygens (including phenoxy) is 1. The summed E-state index contributed by atoms with van der Waals surface area (Å²) in [5.74, 6) is 0. The van der Waals surface area contributed by atoms with Gasteiger partial charge in [0.1, 0.15) is 0 Å². The molecule has 0 saturated carbocycles. The van der Waals surface area contributed by atoms with Crippen LogP contribution in [-0.4, -0.2) is 32.7 Å². The van der Waals surface area contributed by atoms with Crippen LogP contribution in [0.3, 0.4) is 0 Å². The predicted molar refractivity (Wildman–Crippen MR) is 138 cm³/mol. The summed E-state index contributed by atoms with van der Waals surface area (Å²) in [5.41, 5.74) is 5.93. The van der Waals surface area contributed by atoms with Crippen molar-refractivity contribution in [1.29, 1.82) is 0 Å². The Morgan fingerprint density at radius 1 is 0.943 bits per heavy atom. The molecule has 174 valence electrons. The summed E-state index contributed by atoms with van der Waals surface area (Å²) >= 11 is 0. The second-order valence-corrected chi connectivity index (χ2v) is 9.19. The molecule has 35 heavy (non-hydrogen) atoms. The van der Waals surface area contributed by atoms with Crippen LogP contribution in [0.4, 0.5) is 0 Å². The lowest BCUT2D eigenvalue weighted by atomic mass is 9.96. The first kappa shape index (κ1) is 21.6. The lowest BCUT2D eigenvalue weighted by Gasteiger charge is -2.24. The van der Waals surface area contributed by atoms with Gasteiger partial charge in [0.15, 0.2) is 0 Å². The molecule has 5 aromatic rings. The lowest BCUT2D eigenvalue weighted by molar-refractivity contribution is 0.0685. The molecular weight excluding hydrogens is 436 g/mol. The summed E-state index contributed by atoms with van der Waals surface area (Å²) < 4.78 is 7.29. The average molecular weight is 463 g/mol. The predicted octanol–water partition coefficient (Wildman–Crippen LogP) is 5.26. The molecule has 1 aliphatic heterocycles. The normalized spacial score (nSPS) is 14.5. The van der Waals surface area contributed by atoms with Crippen LogP contribution in [0.2, 0.25) is 0 Å². The fourth-order valence-corrected chi connectivity index (χ4v) is 5.04. The molecule has 0 unspecified atom stereocenters. The topological polar surface area (TPSA) is 69.9 Å². The minimum Gasteiger partial charge on any atom is -0.381 e. The first-order valence-electron chi connectivity index (χ1n) is 12.0. The van der Waals surface area contributed by atoms with Crippen LogP contribution in [0, 0.1) is 6.92 Å². The van der Waals surface area contributed by atoms with Gasteiger partial charge in [-0.3, -0.25) is 19.3 Å². The van der Waals surface area contributed by atoms with Gasteiger partial charge in [-0.25, -0.2) is 4.98 Å². The molecule has 0 radical (unpaired) electrons. The Balaban J connectivity index is 1.42. The summed E-state index contributed by atoms with van der Waals surface area (Å²) in [6, 6.07) is 18.5. The van der Waals surface area contributed by atoms with Crippen molar-refractivity contribution in [2.45, 2.75) is 32.2 Å². The molecule has 4 heterocycles. The van der Waals surface area contributed by atoms with E-state index in [2.05, 4.69) is 23.2 Å². The Morgan fingerprint density at radius 3 is 2.54 bits per heavy atom. The van der Waals surface area contributed by atoms with Crippen LogP contribution in [0.1, 0.15) is 35.7 Å². The zero-order valence-corrected chi connectivity index (χ0v) is 19.6. The number of hydrogen-bond acceptors (Lipinski definition) is 5. The molecule has 0 bridgehead atoms. The van der Waals surface area contributed by atoms with Gasteiger partial charge in [-0.05, 0) is 67.0 Å². The minimum absolute atomic E-state index is 0.0235. The van der Waals surface area contributed by atoms with E-state index in [9.17, 15) is 4.79 Å². The monoisotopic (exact) mass is 462 g/mol. The number of nitrogens with zero attached hydrogens (tertiary/aromatic N) is 4. The van der Waals surface area contributed by atoms with E-state index >= 15 is 0 Å². The van der Waals surface area contributed by atoms with Crippen molar-refractivity contribution in [2.24, 2.45) is 0 Å². The van der Waals surface area contributed by atoms with Crippen molar-refractivity contribution in [2.75, 3.05) is 13.2 Å². The van der Waals surface area contributed by atoms with Crippen LogP contribution in [0.15, 0.2) is 78.1 Å². The molecule has 0 N–H and O–H groups in total. The number of pyridine rings is 2. The Bertz CT molecular complexity index is 1590. The van der Waals surface area contributed by atoms with Crippen LogP contribution in [0.25, 0.3) is 32.9 Å². The molecule has 0 atom stereocenters. The third kappa shape index (κ3) is 4.10. The second kappa shape index (κ2) is 9.04. The van der Waals surface area contributed by atoms with Crippen molar-refractivity contribution >= 4 is 21.7 Å². The molecule has 0 spiro atoms. The van der Waals surface area contributed by atoms with E-state index < -0.39 is 0 Å². The molecule has 6 heteroatoms. The summed E-state index contributed by atoms with van der Waals surface area (Å²) in [6.07, 6.45) is 7.81. The standard InChI is InChI=1S/C29H26N4O2/c1-19-14-21(8-11-30-19)27-7-6-20(17-31-27)15-22-16-26-28(25-5-3-2-4-24(22)25)32-18-33(29(26)34)23-9-12-35-13-10-23/h2-8,11,14,16-18,23H,9-10,12-13,15H2,1H3. The Labute approximate surface area is 203 Å². The van der Waals surface area contributed by atoms with Crippen molar-refractivity contribution in [3.8, 4) is 11.3 Å². The number of fused-ring (bicyclic) bond motifs is 3. The third-order valence-electron chi connectivity index (χ3n) is 6.87. The maximum atomic E-state index is 13.6. The fourth-order valence-electron chi connectivity index (χ4n) is 5.04. The summed E-state index contributed by atoms with van der Waals surface area (Å²) in [6.45, 7) is 3.34. The second-order valence-electron chi connectivity index (χ2n) is 9.19. The maximum absolute atomic E-state index is 13.6. The van der Waals surface area contributed by atoms with Crippen molar-refractivity contribution in [3.63, 3.8) is 0 Å². The van der Waals surface area contributed by atoms with E-state index in [0.29, 0.717) is 25.0 Å². The smallest absolute Gasteiger partial charge is 0.261 e. The highest BCUT2D eigenvalue weighted by Crippen LogP contribution is 2.29. The van der Waals surface area contributed by atoms with Crippen molar-refractivity contribution in [3.05, 3.63) is 100 Å². The SMILES string of the molecule is Cc1cc(-c2ccc(Cc3cc4c(=O)n(C5CCOCC5)cnc4c4ccccc34)cn2)ccn1. The molecule has 2 aromatic carbocycles. The zero-order valence-electron chi connectivity index (χ0n) is 19.6. The van der Waals surface area contributed by atoms with Crippen LogP contribution >= 0.6 is 0 Å². The minimum atomic E-state index is 0.0235. The van der Waals surface area contributed by atoms with Gasteiger partial charge >= 0.3 is 0 Å². The van der Waals surface area contributed by atoms with E-state index in [0.717, 1.165) is 57.2 Å². The molecular formula is C29H26N4O2. The van der Waals surface area contributed by atoms with Crippen LogP contribution in [-0.2, 0) is 11.2 Å². The van der Waals surface area contributed by atoms with Crippen molar-refractivity contribution in [1.82, 2.24) is 19.5 Å². The number of benzene rings is 2. The van der Waals surface area contributed by atoms with Gasteiger partial charge in [-0.2, -0.15) is 0 Å². The van der Waals surface area contributed by atoms with Gasteiger partial charge in [-0.1, -0.05) is 30.3 Å². The molecule has 1 saturated heterocycles. The van der Waals surface area contributed by atoms with E-state index in [4.69, 9.17) is 14.7 Å².